The van der Waals surface area contributed by atoms with Crippen LogP contribution in [-0.2, 0) is 0 Å². The Bertz CT molecular complexity index is 110. The van der Waals surface area contributed by atoms with E-state index in [1.165, 1.54) is 6.42 Å². The quantitative estimate of drug-likeness (QED) is 0.641. The number of nitrogens with one attached hydrogen (secondary N) is 1. The summed E-state index contributed by atoms with van der Waals surface area (Å²) in [7, 11) is 0. The third-order valence-corrected chi connectivity index (χ3v) is 2.57. The van der Waals surface area contributed by atoms with Crippen molar-refractivity contribution >= 4 is 0 Å². The molecule has 0 heterocycles. The molecule has 1 atom stereocenters. The normalized spacial score (nSPS) is 33.0. The molecule has 1 fully saturated rings. The zero-order valence-corrected chi connectivity index (χ0v) is 7.51. The van der Waals surface area contributed by atoms with Gasteiger partial charge in [0.15, 0.2) is 0 Å². The Labute approximate surface area is 69.0 Å². The van der Waals surface area contributed by atoms with E-state index in [9.17, 15) is 0 Å². The van der Waals surface area contributed by atoms with E-state index in [0.717, 1.165) is 25.3 Å². The predicted octanol–water partition coefficient (Wildman–Crippen LogP) is 1.15. The zero-order chi connectivity index (χ0) is 8.27. The maximum Gasteiger partial charge on any atom is 0.0570 e. The Morgan fingerprint density at radius 1 is 1.55 bits per heavy atom. The van der Waals surface area contributed by atoms with Crippen LogP contribution in [0.5, 0.6) is 0 Å². The highest BCUT2D eigenvalue weighted by atomic mass is 16.3. The summed E-state index contributed by atoms with van der Waals surface area (Å²) in [6, 6.07) is 0.596. The first-order valence-corrected chi connectivity index (χ1v) is 4.63. The van der Waals surface area contributed by atoms with E-state index in [2.05, 4.69) is 19.2 Å². The van der Waals surface area contributed by atoms with E-state index in [-0.39, 0.29) is 6.10 Å². The predicted molar refractivity (Wildman–Crippen MR) is 46.5 cm³/mol. The highest BCUT2D eigenvalue weighted by Gasteiger charge is 2.26. The second kappa shape index (κ2) is 4.07. The average molecular weight is 157 g/mol. The van der Waals surface area contributed by atoms with Gasteiger partial charge in [-0.2, -0.15) is 0 Å². The second-order valence-electron chi connectivity index (χ2n) is 3.74. The molecule has 2 N–H and O–H groups in total. The minimum atomic E-state index is -0.0237. The van der Waals surface area contributed by atoms with Crippen LogP contribution in [0.25, 0.3) is 0 Å². The third kappa shape index (κ3) is 2.80. The van der Waals surface area contributed by atoms with Gasteiger partial charge in [-0.3, -0.25) is 0 Å². The molecule has 0 aromatic rings. The van der Waals surface area contributed by atoms with E-state index in [4.69, 9.17) is 5.11 Å². The Morgan fingerprint density at radius 3 is 2.64 bits per heavy atom. The molecule has 0 aliphatic heterocycles. The monoisotopic (exact) mass is 157 g/mol. The molecule has 1 aliphatic rings. The largest absolute Gasteiger partial charge is 0.393 e. The van der Waals surface area contributed by atoms with Crippen LogP contribution in [-0.4, -0.2) is 23.8 Å². The van der Waals surface area contributed by atoms with E-state index in [1.54, 1.807) is 0 Å². The van der Waals surface area contributed by atoms with Crippen molar-refractivity contribution in [1.82, 2.24) is 5.32 Å². The molecule has 2 nitrogen and oxygen atoms in total. The van der Waals surface area contributed by atoms with Gasteiger partial charge in [0.05, 0.1) is 6.10 Å². The van der Waals surface area contributed by atoms with E-state index >= 15 is 0 Å². The maximum absolute atomic E-state index is 9.00. The molecule has 2 heteroatoms. The molecule has 1 unspecified atom stereocenters. The van der Waals surface area contributed by atoms with Gasteiger partial charge in [0.2, 0.25) is 0 Å². The van der Waals surface area contributed by atoms with E-state index < -0.39 is 0 Å². The van der Waals surface area contributed by atoms with Gasteiger partial charge in [0.1, 0.15) is 0 Å². The lowest BCUT2D eigenvalue weighted by molar-refractivity contribution is 0.0612. The first-order chi connectivity index (χ1) is 5.22. The van der Waals surface area contributed by atoms with Crippen molar-refractivity contribution in [1.29, 1.82) is 0 Å². The summed E-state index contributed by atoms with van der Waals surface area (Å²) >= 11 is 0. The van der Waals surface area contributed by atoms with E-state index in [0.29, 0.717) is 6.04 Å². The molecule has 66 valence electrons. The van der Waals surface area contributed by atoms with Crippen LogP contribution in [0.4, 0.5) is 0 Å². The number of hydrogen-bond donors (Lipinski definition) is 2. The van der Waals surface area contributed by atoms with Crippen LogP contribution in [0.15, 0.2) is 0 Å². The Hall–Kier alpha value is -0.0800. The highest BCUT2D eigenvalue weighted by Crippen LogP contribution is 2.19. The molecule has 1 aliphatic carbocycles. The van der Waals surface area contributed by atoms with Crippen LogP contribution in [0.2, 0.25) is 0 Å². The van der Waals surface area contributed by atoms with Crippen molar-refractivity contribution in [3.05, 3.63) is 0 Å². The van der Waals surface area contributed by atoms with Crippen LogP contribution < -0.4 is 5.32 Å². The van der Waals surface area contributed by atoms with Crippen molar-refractivity contribution in [2.45, 2.75) is 45.3 Å². The lowest BCUT2D eigenvalue weighted by Crippen LogP contribution is -2.45. The standard InChI is InChI=1S/C9H19NO/c1-3-7(2)6-10-8-4-9(11)5-8/h7-11H,3-6H2,1-2H3. The lowest BCUT2D eigenvalue weighted by atomic mass is 9.89. The van der Waals surface area contributed by atoms with Gasteiger partial charge in [-0.25, -0.2) is 0 Å². The fourth-order valence-electron chi connectivity index (χ4n) is 1.27. The highest BCUT2D eigenvalue weighted by molar-refractivity contribution is 4.84. The molecular formula is C9H19NO. The molecule has 1 rings (SSSR count). The smallest absolute Gasteiger partial charge is 0.0570 e. The van der Waals surface area contributed by atoms with Crippen LogP contribution in [0, 0.1) is 5.92 Å². The summed E-state index contributed by atoms with van der Waals surface area (Å²) in [6.45, 7) is 5.57. The zero-order valence-electron chi connectivity index (χ0n) is 7.51. The van der Waals surface area contributed by atoms with Gasteiger partial charge in [-0.1, -0.05) is 20.3 Å². The molecule has 0 amide bonds. The molecule has 0 radical (unpaired) electrons. The van der Waals surface area contributed by atoms with Gasteiger partial charge in [-0.05, 0) is 25.3 Å². The number of hydrogen-bond acceptors (Lipinski definition) is 2. The summed E-state index contributed by atoms with van der Waals surface area (Å²) in [5.41, 5.74) is 0. The molecule has 0 bridgehead atoms. The summed E-state index contributed by atoms with van der Waals surface area (Å²) in [6.07, 6.45) is 3.12. The summed E-state index contributed by atoms with van der Waals surface area (Å²) in [5, 5.41) is 12.4. The Kier molecular flexibility index (Phi) is 3.34. The van der Waals surface area contributed by atoms with Crippen molar-refractivity contribution in [2.75, 3.05) is 6.54 Å². The van der Waals surface area contributed by atoms with Gasteiger partial charge >= 0.3 is 0 Å². The topological polar surface area (TPSA) is 32.3 Å². The number of aliphatic hydroxyl groups is 1. The summed E-state index contributed by atoms with van der Waals surface area (Å²) < 4.78 is 0. The lowest BCUT2D eigenvalue weighted by Gasteiger charge is -2.32. The summed E-state index contributed by atoms with van der Waals surface area (Å²) in [5.74, 6) is 0.771. The summed E-state index contributed by atoms with van der Waals surface area (Å²) in [4.78, 5) is 0. The molecule has 11 heavy (non-hydrogen) atoms. The fourth-order valence-corrected chi connectivity index (χ4v) is 1.27. The minimum absolute atomic E-state index is 0.0237. The molecular weight excluding hydrogens is 138 g/mol. The van der Waals surface area contributed by atoms with Crippen LogP contribution in [0.3, 0.4) is 0 Å². The van der Waals surface area contributed by atoms with Crippen LogP contribution >= 0.6 is 0 Å². The van der Waals surface area contributed by atoms with Gasteiger partial charge in [-0.15, -0.1) is 0 Å². The van der Waals surface area contributed by atoms with Crippen molar-refractivity contribution in [2.24, 2.45) is 5.92 Å². The van der Waals surface area contributed by atoms with Gasteiger partial charge < -0.3 is 10.4 Å². The molecule has 1 saturated carbocycles. The Balaban J connectivity index is 1.96. The third-order valence-electron chi connectivity index (χ3n) is 2.57. The number of rotatable bonds is 4. The average Bonchev–Trinajstić information content (AvgIpc) is 1.95. The fraction of sp³-hybridized carbons (Fsp3) is 1.00. The van der Waals surface area contributed by atoms with E-state index in [1.807, 2.05) is 0 Å². The number of aliphatic hydroxyl groups excluding tert-OH is 1. The SMILES string of the molecule is CCC(C)CNC1CC(O)C1. The second-order valence-corrected chi connectivity index (χ2v) is 3.74. The molecule has 0 aromatic heterocycles. The van der Waals surface area contributed by atoms with Crippen molar-refractivity contribution in [3.8, 4) is 0 Å². The van der Waals surface area contributed by atoms with Gasteiger partial charge in [0.25, 0.3) is 0 Å². The molecule has 0 spiro atoms. The molecule has 0 saturated heterocycles. The van der Waals surface area contributed by atoms with Crippen molar-refractivity contribution < 1.29 is 5.11 Å². The first-order valence-electron chi connectivity index (χ1n) is 4.63. The van der Waals surface area contributed by atoms with Crippen molar-refractivity contribution in [3.63, 3.8) is 0 Å². The van der Waals surface area contributed by atoms with Crippen LogP contribution in [0.1, 0.15) is 33.1 Å². The Morgan fingerprint density at radius 2 is 2.18 bits per heavy atom. The first kappa shape index (κ1) is 9.01. The minimum Gasteiger partial charge on any atom is -0.393 e. The van der Waals surface area contributed by atoms with Gasteiger partial charge in [0, 0.05) is 6.04 Å². The molecule has 0 aromatic carbocycles. The maximum atomic E-state index is 9.00.